The molecule has 0 unspecified atom stereocenters. The van der Waals surface area contributed by atoms with Crippen molar-refractivity contribution in [3.8, 4) is 11.4 Å². The van der Waals surface area contributed by atoms with Crippen LogP contribution < -0.4 is 5.32 Å². The first-order chi connectivity index (χ1) is 13.0. The van der Waals surface area contributed by atoms with Gasteiger partial charge in [0.25, 0.3) is 0 Å². The molecular weight excluding hydrogens is 380 g/mol. The van der Waals surface area contributed by atoms with E-state index in [1.165, 1.54) is 11.8 Å². The molecule has 0 saturated heterocycles. The molecular formula is C20H21ClN4OS. The van der Waals surface area contributed by atoms with Gasteiger partial charge in [-0.2, -0.15) is 0 Å². The van der Waals surface area contributed by atoms with Crippen molar-refractivity contribution < 1.29 is 4.79 Å². The summed E-state index contributed by atoms with van der Waals surface area (Å²) in [6.07, 6.45) is 0. The van der Waals surface area contributed by atoms with Crippen LogP contribution in [0.4, 0.5) is 5.69 Å². The van der Waals surface area contributed by atoms with E-state index >= 15 is 0 Å². The Morgan fingerprint density at radius 2 is 1.96 bits per heavy atom. The molecule has 0 radical (unpaired) electrons. The van der Waals surface area contributed by atoms with Crippen LogP contribution in [0.1, 0.15) is 19.4 Å². The van der Waals surface area contributed by atoms with E-state index in [1.54, 1.807) is 0 Å². The monoisotopic (exact) mass is 400 g/mol. The van der Waals surface area contributed by atoms with Crippen LogP contribution in [-0.2, 0) is 11.3 Å². The Bertz CT molecular complexity index is 939. The summed E-state index contributed by atoms with van der Waals surface area (Å²) in [6, 6.07) is 15.2. The lowest BCUT2D eigenvalue weighted by Crippen LogP contribution is -2.23. The van der Waals surface area contributed by atoms with Crippen LogP contribution in [0.5, 0.6) is 0 Å². The zero-order chi connectivity index (χ0) is 19.4. The van der Waals surface area contributed by atoms with Crippen LogP contribution in [-0.4, -0.2) is 25.9 Å². The van der Waals surface area contributed by atoms with Crippen molar-refractivity contribution in [2.24, 2.45) is 0 Å². The summed E-state index contributed by atoms with van der Waals surface area (Å²) in [7, 11) is 0. The third-order valence-corrected chi connectivity index (χ3v) is 5.40. The molecule has 1 heterocycles. The second-order valence-corrected chi connectivity index (χ2v) is 7.92. The molecule has 0 aliphatic rings. The van der Waals surface area contributed by atoms with Gasteiger partial charge in [-0.15, -0.1) is 10.2 Å². The minimum Gasteiger partial charge on any atom is -0.325 e. The molecule has 0 spiro atoms. The van der Waals surface area contributed by atoms with Crippen molar-refractivity contribution in [1.82, 2.24) is 14.8 Å². The summed E-state index contributed by atoms with van der Waals surface area (Å²) in [4.78, 5) is 12.5. The molecule has 2 aromatic carbocycles. The maximum absolute atomic E-state index is 12.5. The van der Waals surface area contributed by atoms with Crippen molar-refractivity contribution in [2.75, 3.05) is 5.32 Å². The number of carbonyl (C=O) groups is 1. The summed E-state index contributed by atoms with van der Waals surface area (Å²) < 4.78 is 2.00. The molecule has 3 aromatic rings. The van der Waals surface area contributed by atoms with Crippen molar-refractivity contribution in [3.05, 3.63) is 59.1 Å². The Labute approximate surface area is 168 Å². The van der Waals surface area contributed by atoms with Crippen molar-refractivity contribution in [3.63, 3.8) is 0 Å². The topological polar surface area (TPSA) is 59.8 Å². The van der Waals surface area contributed by atoms with Gasteiger partial charge in [0.05, 0.1) is 5.25 Å². The Morgan fingerprint density at radius 1 is 1.22 bits per heavy atom. The number of anilines is 1. The van der Waals surface area contributed by atoms with Gasteiger partial charge in [0.2, 0.25) is 5.91 Å². The predicted molar refractivity (Wildman–Crippen MR) is 111 cm³/mol. The molecule has 27 heavy (non-hydrogen) atoms. The minimum atomic E-state index is -0.307. The summed E-state index contributed by atoms with van der Waals surface area (Å²) in [5.74, 6) is 0.701. The number of aromatic nitrogens is 3. The molecule has 1 aromatic heterocycles. The number of hydrogen-bond donors (Lipinski definition) is 1. The van der Waals surface area contributed by atoms with Crippen molar-refractivity contribution in [1.29, 1.82) is 0 Å². The molecule has 0 fully saturated rings. The average molecular weight is 401 g/mol. The number of amides is 1. The number of halogens is 1. The smallest absolute Gasteiger partial charge is 0.237 e. The van der Waals surface area contributed by atoms with E-state index in [-0.39, 0.29) is 11.2 Å². The van der Waals surface area contributed by atoms with Crippen LogP contribution >= 0.6 is 23.4 Å². The largest absolute Gasteiger partial charge is 0.325 e. The van der Waals surface area contributed by atoms with Crippen LogP contribution in [0, 0.1) is 6.92 Å². The quantitative estimate of drug-likeness (QED) is 0.588. The van der Waals surface area contributed by atoms with Gasteiger partial charge >= 0.3 is 0 Å². The van der Waals surface area contributed by atoms with Gasteiger partial charge in [0, 0.05) is 22.8 Å². The fraction of sp³-hybridized carbons (Fsp3) is 0.250. The van der Waals surface area contributed by atoms with Gasteiger partial charge in [-0.1, -0.05) is 35.5 Å². The van der Waals surface area contributed by atoms with E-state index in [0.717, 1.165) is 22.6 Å². The molecule has 1 atom stereocenters. The maximum atomic E-state index is 12.5. The Kier molecular flexibility index (Phi) is 6.19. The third-order valence-electron chi connectivity index (χ3n) is 4.07. The summed E-state index contributed by atoms with van der Waals surface area (Å²) in [6.45, 7) is 6.60. The Balaban J connectivity index is 1.75. The fourth-order valence-electron chi connectivity index (χ4n) is 2.65. The van der Waals surface area contributed by atoms with Gasteiger partial charge in [0.1, 0.15) is 0 Å². The van der Waals surface area contributed by atoms with E-state index in [2.05, 4.69) is 15.5 Å². The van der Waals surface area contributed by atoms with Gasteiger partial charge < -0.3 is 9.88 Å². The molecule has 0 saturated carbocycles. The van der Waals surface area contributed by atoms with Crippen LogP contribution in [0.15, 0.2) is 53.7 Å². The molecule has 1 N–H and O–H groups in total. The Morgan fingerprint density at radius 3 is 2.63 bits per heavy atom. The molecule has 140 valence electrons. The number of nitrogens with one attached hydrogen (secondary N) is 1. The summed E-state index contributed by atoms with van der Waals surface area (Å²) >= 11 is 7.36. The number of hydrogen-bond acceptors (Lipinski definition) is 4. The molecule has 0 bridgehead atoms. The lowest BCUT2D eigenvalue weighted by atomic mass is 10.2. The van der Waals surface area contributed by atoms with Crippen LogP contribution in [0.2, 0.25) is 5.02 Å². The zero-order valence-corrected chi connectivity index (χ0v) is 17.0. The zero-order valence-electron chi connectivity index (χ0n) is 15.4. The van der Waals surface area contributed by atoms with Gasteiger partial charge in [-0.3, -0.25) is 4.79 Å². The molecule has 7 heteroatoms. The minimum absolute atomic E-state index is 0.0655. The third kappa shape index (κ3) is 4.70. The predicted octanol–water partition coefficient (Wildman–Crippen LogP) is 5.05. The highest BCUT2D eigenvalue weighted by Gasteiger charge is 2.20. The average Bonchev–Trinajstić information content (AvgIpc) is 3.04. The van der Waals surface area contributed by atoms with E-state index in [9.17, 15) is 4.79 Å². The lowest BCUT2D eigenvalue weighted by Gasteiger charge is -2.13. The number of benzene rings is 2. The first-order valence-electron chi connectivity index (χ1n) is 8.71. The van der Waals surface area contributed by atoms with Crippen LogP contribution in [0.3, 0.4) is 0 Å². The number of rotatable bonds is 6. The highest BCUT2D eigenvalue weighted by atomic mass is 35.5. The van der Waals surface area contributed by atoms with Crippen LogP contribution in [0.25, 0.3) is 11.4 Å². The van der Waals surface area contributed by atoms with E-state index in [0.29, 0.717) is 16.7 Å². The van der Waals surface area contributed by atoms with E-state index in [4.69, 9.17) is 11.6 Å². The molecule has 0 aliphatic heterocycles. The lowest BCUT2D eigenvalue weighted by molar-refractivity contribution is -0.115. The normalized spacial score (nSPS) is 12.0. The number of carbonyl (C=O) groups excluding carboxylic acids is 1. The van der Waals surface area contributed by atoms with Gasteiger partial charge in [0.15, 0.2) is 11.0 Å². The van der Waals surface area contributed by atoms with E-state index < -0.39 is 0 Å². The second-order valence-electron chi connectivity index (χ2n) is 6.18. The van der Waals surface area contributed by atoms with E-state index in [1.807, 2.05) is 73.9 Å². The maximum Gasteiger partial charge on any atom is 0.237 e. The summed E-state index contributed by atoms with van der Waals surface area (Å²) in [5.41, 5.74) is 2.84. The summed E-state index contributed by atoms with van der Waals surface area (Å²) in [5, 5.41) is 12.6. The molecule has 0 aliphatic carbocycles. The van der Waals surface area contributed by atoms with Gasteiger partial charge in [-0.05, 0) is 62.7 Å². The fourth-order valence-corrected chi connectivity index (χ4v) is 3.69. The molecule has 1 amide bonds. The van der Waals surface area contributed by atoms with Crippen molar-refractivity contribution >= 4 is 35.0 Å². The van der Waals surface area contributed by atoms with Gasteiger partial charge in [-0.25, -0.2) is 0 Å². The second kappa shape index (κ2) is 8.59. The first-order valence-corrected chi connectivity index (χ1v) is 9.97. The highest BCUT2D eigenvalue weighted by molar-refractivity contribution is 8.00. The molecule has 3 rings (SSSR count). The SMILES string of the molecule is CCn1c(S[C@H](C)C(=O)Nc2cccc(C)c2)nnc1-c1ccc(Cl)cc1. The molecule has 5 nitrogen and oxygen atoms in total. The van der Waals surface area contributed by atoms with Crippen molar-refractivity contribution in [2.45, 2.75) is 37.7 Å². The highest BCUT2D eigenvalue weighted by Crippen LogP contribution is 2.28. The number of nitrogens with zero attached hydrogens (tertiary/aromatic N) is 3. The Hall–Kier alpha value is -2.31. The number of thioether (sulfide) groups is 1. The number of aryl methyl sites for hydroxylation is 1. The standard InChI is InChI=1S/C20H21ClN4OS/c1-4-25-18(15-8-10-16(21)11-9-15)23-24-20(25)27-14(3)19(26)22-17-7-5-6-13(2)12-17/h5-12,14H,4H2,1-3H3,(H,22,26)/t14-/m1/s1. The first kappa shape index (κ1) is 19.5.